The van der Waals surface area contributed by atoms with E-state index in [4.69, 9.17) is 4.74 Å². The van der Waals surface area contributed by atoms with Crippen molar-refractivity contribution in [2.45, 2.75) is 25.6 Å². The molecule has 1 fully saturated rings. The number of hydrogen-bond acceptors (Lipinski definition) is 3. The third-order valence-electron chi connectivity index (χ3n) is 3.63. The molecule has 0 amide bonds. The second-order valence-electron chi connectivity index (χ2n) is 5.08. The van der Waals surface area contributed by atoms with Gasteiger partial charge in [-0.15, -0.1) is 0 Å². The molecule has 0 spiro atoms. The summed E-state index contributed by atoms with van der Waals surface area (Å²) in [4.78, 5) is 16.7. The van der Waals surface area contributed by atoms with Crippen LogP contribution in [-0.2, 0) is 4.74 Å². The predicted molar refractivity (Wildman–Crippen MR) is 75.1 cm³/mol. The lowest BCUT2D eigenvalue weighted by atomic mass is 9.93. The molecule has 1 aliphatic rings. The molecule has 102 valence electrons. The number of hydrogen-bond donors (Lipinski definition) is 3. The smallest absolute Gasteiger partial charge is 0.323 e. The summed E-state index contributed by atoms with van der Waals surface area (Å²) in [6, 6.07) is 3.62. The standard InChI is InChI=1S/C13H15BrN2O3/c1-6-2-7(5-19-6)12(17)8-3-10-11(4-9(8)14)16-13(18)15-10/h3-4,6-7,12,17H,2,5H2,1H3,(H2,15,16,18). The van der Waals surface area contributed by atoms with E-state index in [0.29, 0.717) is 12.1 Å². The molecule has 2 heterocycles. The minimum atomic E-state index is -0.595. The van der Waals surface area contributed by atoms with E-state index in [1.807, 2.05) is 19.1 Å². The van der Waals surface area contributed by atoms with E-state index in [1.165, 1.54) is 0 Å². The molecule has 19 heavy (non-hydrogen) atoms. The van der Waals surface area contributed by atoms with Crippen molar-refractivity contribution in [3.05, 3.63) is 32.7 Å². The van der Waals surface area contributed by atoms with Crippen LogP contribution >= 0.6 is 15.9 Å². The highest BCUT2D eigenvalue weighted by atomic mass is 79.9. The Morgan fingerprint density at radius 2 is 2.11 bits per heavy atom. The monoisotopic (exact) mass is 326 g/mol. The van der Waals surface area contributed by atoms with Gasteiger partial charge in [-0.2, -0.15) is 0 Å². The fourth-order valence-electron chi connectivity index (χ4n) is 2.62. The maximum Gasteiger partial charge on any atom is 0.323 e. The summed E-state index contributed by atoms with van der Waals surface area (Å²) in [7, 11) is 0. The van der Waals surface area contributed by atoms with E-state index in [0.717, 1.165) is 22.0 Å². The van der Waals surface area contributed by atoms with Gasteiger partial charge in [-0.1, -0.05) is 15.9 Å². The average Bonchev–Trinajstić information content (AvgIpc) is 2.92. The number of aliphatic hydroxyl groups is 1. The lowest BCUT2D eigenvalue weighted by molar-refractivity contribution is 0.0801. The summed E-state index contributed by atoms with van der Waals surface area (Å²) < 4.78 is 6.29. The second-order valence-corrected chi connectivity index (χ2v) is 5.94. The van der Waals surface area contributed by atoms with Crippen molar-refractivity contribution in [3.8, 4) is 0 Å². The lowest BCUT2D eigenvalue weighted by Crippen LogP contribution is -2.13. The molecule has 2 aromatic rings. The molecule has 1 aromatic carbocycles. The number of ether oxygens (including phenoxy) is 1. The first kappa shape index (κ1) is 12.9. The van der Waals surface area contributed by atoms with E-state index in [1.54, 1.807) is 0 Å². The molecule has 1 aromatic heterocycles. The van der Waals surface area contributed by atoms with Crippen LogP contribution in [0.1, 0.15) is 25.0 Å². The van der Waals surface area contributed by atoms with Gasteiger partial charge in [-0.3, -0.25) is 0 Å². The second kappa shape index (κ2) is 4.77. The number of aromatic amines is 2. The topological polar surface area (TPSA) is 78.1 Å². The van der Waals surface area contributed by atoms with E-state index >= 15 is 0 Å². The Morgan fingerprint density at radius 3 is 2.74 bits per heavy atom. The maximum absolute atomic E-state index is 11.3. The molecule has 1 saturated heterocycles. The van der Waals surface area contributed by atoms with E-state index in [9.17, 15) is 9.90 Å². The third-order valence-corrected chi connectivity index (χ3v) is 4.31. The summed E-state index contributed by atoms with van der Waals surface area (Å²) >= 11 is 3.45. The van der Waals surface area contributed by atoms with Gasteiger partial charge in [0, 0.05) is 10.4 Å². The zero-order chi connectivity index (χ0) is 13.6. The summed E-state index contributed by atoms with van der Waals surface area (Å²) in [5, 5.41) is 10.5. The van der Waals surface area contributed by atoms with Crippen LogP contribution in [0.15, 0.2) is 21.4 Å². The fraction of sp³-hybridized carbons (Fsp3) is 0.462. The Balaban J connectivity index is 1.99. The van der Waals surface area contributed by atoms with Gasteiger partial charge in [-0.25, -0.2) is 4.79 Å². The summed E-state index contributed by atoms with van der Waals surface area (Å²) in [6.07, 6.45) is 0.436. The number of aromatic nitrogens is 2. The van der Waals surface area contributed by atoms with Crippen LogP contribution in [0.4, 0.5) is 0 Å². The van der Waals surface area contributed by atoms with Crippen LogP contribution in [0.5, 0.6) is 0 Å². The Kier molecular flexibility index (Phi) is 3.24. The van der Waals surface area contributed by atoms with Crippen molar-refractivity contribution in [1.29, 1.82) is 0 Å². The maximum atomic E-state index is 11.3. The number of H-pyrrole nitrogens is 2. The number of benzene rings is 1. The van der Waals surface area contributed by atoms with Crippen molar-refractivity contribution < 1.29 is 9.84 Å². The molecule has 5 nitrogen and oxygen atoms in total. The molecular weight excluding hydrogens is 312 g/mol. The molecule has 3 atom stereocenters. The van der Waals surface area contributed by atoms with Crippen LogP contribution in [0, 0.1) is 5.92 Å². The Labute approximate surface area is 118 Å². The minimum absolute atomic E-state index is 0.0920. The van der Waals surface area contributed by atoms with E-state index in [-0.39, 0.29) is 17.7 Å². The van der Waals surface area contributed by atoms with Crippen LogP contribution in [0.2, 0.25) is 0 Å². The molecule has 0 bridgehead atoms. The molecule has 0 saturated carbocycles. The van der Waals surface area contributed by atoms with Gasteiger partial charge in [0.1, 0.15) is 0 Å². The summed E-state index contributed by atoms with van der Waals surface area (Å²) in [5.74, 6) is 0.0920. The molecule has 0 aliphatic carbocycles. The Bertz CT molecular complexity index is 663. The molecule has 6 heteroatoms. The zero-order valence-electron chi connectivity index (χ0n) is 10.4. The van der Waals surface area contributed by atoms with Crippen molar-refractivity contribution in [2.24, 2.45) is 5.92 Å². The fourth-order valence-corrected chi connectivity index (χ4v) is 3.20. The molecule has 3 rings (SSSR count). The van der Waals surface area contributed by atoms with Gasteiger partial charge in [0.15, 0.2) is 0 Å². The molecular formula is C13H15BrN2O3. The van der Waals surface area contributed by atoms with Crippen molar-refractivity contribution in [1.82, 2.24) is 9.97 Å². The van der Waals surface area contributed by atoms with Crippen LogP contribution < -0.4 is 5.69 Å². The number of nitrogens with one attached hydrogen (secondary N) is 2. The Morgan fingerprint density at radius 1 is 1.42 bits per heavy atom. The number of rotatable bonds is 2. The van der Waals surface area contributed by atoms with Gasteiger partial charge in [0.2, 0.25) is 0 Å². The first-order valence-electron chi connectivity index (χ1n) is 6.25. The van der Waals surface area contributed by atoms with Crippen molar-refractivity contribution in [3.63, 3.8) is 0 Å². The first-order valence-corrected chi connectivity index (χ1v) is 7.05. The average molecular weight is 327 g/mol. The highest BCUT2D eigenvalue weighted by molar-refractivity contribution is 9.10. The number of fused-ring (bicyclic) bond motifs is 1. The van der Waals surface area contributed by atoms with Gasteiger partial charge < -0.3 is 19.8 Å². The highest BCUT2D eigenvalue weighted by Crippen LogP contribution is 2.36. The number of imidazole rings is 1. The predicted octanol–water partition coefficient (Wildman–Crippen LogP) is 2.08. The molecule has 1 aliphatic heterocycles. The molecule has 3 N–H and O–H groups in total. The largest absolute Gasteiger partial charge is 0.388 e. The van der Waals surface area contributed by atoms with Crippen LogP contribution in [0.25, 0.3) is 11.0 Å². The van der Waals surface area contributed by atoms with Crippen molar-refractivity contribution >= 4 is 27.0 Å². The first-order chi connectivity index (χ1) is 9.04. The zero-order valence-corrected chi connectivity index (χ0v) is 12.0. The molecule has 3 unspecified atom stereocenters. The Hall–Kier alpha value is -1.11. The highest BCUT2D eigenvalue weighted by Gasteiger charge is 2.30. The van der Waals surface area contributed by atoms with E-state index in [2.05, 4.69) is 25.9 Å². The van der Waals surface area contributed by atoms with Crippen molar-refractivity contribution in [2.75, 3.05) is 6.61 Å². The van der Waals surface area contributed by atoms with Crippen LogP contribution in [-0.4, -0.2) is 27.8 Å². The number of aliphatic hydroxyl groups excluding tert-OH is 1. The van der Waals surface area contributed by atoms with Gasteiger partial charge in [-0.05, 0) is 31.0 Å². The third kappa shape index (κ3) is 2.35. The lowest BCUT2D eigenvalue weighted by Gasteiger charge is -2.18. The number of halogens is 1. The van der Waals surface area contributed by atoms with Crippen LogP contribution in [0.3, 0.4) is 0 Å². The quantitative estimate of drug-likeness (QED) is 0.790. The van der Waals surface area contributed by atoms with Gasteiger partial charge in [0.25, 0.3) is 0 Å². The minimum Gasteiger partial charge on any atom is -0.388 e. The normalized spacial score (nSPS) is 25.0. The summed E-state index contributed by atoms with van der Waals surface area (Å²) in [6.45, 7) is 2.57. The van der Waals surface area contributed by atoms with E-state index < -0.39 is 6.10 Å². The summed E-state index contributed by atoms with van der Waals surface area (Å²) in [5.41, 5.74) is 1.97. The van der Waals surface area contributed by atoms with Gasteiger partial charge >= 0.3 is 5.69 Å². The SMILES string of the molecule is CC1CC(C(O)c2cc3[nH]c(=O)[nH]c3cc2Br)CO1. The molecule has 0 radical (unpaired) electrons. The van der Waals surface area contributed by atoms with Gasteiger partial charge in [0.05, 0.1) is 29.8 Å².